The maximum Gasteiger partial charge on any atom is 0.242 e. The van der Waals surface area contributed by atoms with Crippen LogP contribution in [0.1, 0.15) is 51.0 Å². The molecule has 114 valence electrons. The van der Waals surface area contributed by atoms with Gasteiger partial charge in [-0.25, -0.2) is 0 Å². The second kappa shape index (κ2) is 6.50. The lowest BCUT2D eigenvalue weighted by atomic mass is 9.84. The Morgan fingerprint density at radius 2 is 2.14 bits per heavy atom. The summed E-state index contributed by atoms with van der Waals surface area (Å²) < 4.78 is 0. The topological polar surface area (TPSA) is 41.1 Å². The lowest BCUT2D eigenvalue weighted by Crippen LogP contribution is -2.47. The van der Waals surface area contributed by atoms with Crippen molar-refractivity contribution in [1.82, 2.24) is 5.32 Å². The Labute approximate surface area is 127 Å². The second-order valence-electron chi connectivity index (χ2n) is 6.54. The number of amides is 1. The van der Waals surface area contributed by atoms with Gasteiger partial charge < -0.3 is 10.6 Å². The minimum Gasteiger partial charge on any atom is -0.373 e. The molecule has 1 aliphatic carbocycles. The van der Waals surface area contributed by atoms with Crippen molar-refractivity contribution in [2.24, 2.45) is 5.92 Å². The summed E-state index contributed by atoms with van der Waals surface area (Å²) in [6.45, 7) is 2.26. The minimum atomic E-state index is -0.0677. The van der Waals surface area contributed by atoms with Crippen molar-refractivity contribution in [2.45, 2.75) is 64.0 Å². The van der Waals surface area contributed by atoms with Gasteiger partial charge in [0.05, 0.1) is 0 Å². The van der Waals surface area contributed by atoms with Crippen molar-refractivity contribution in [3.8, 4) is 0 Å². The molecule has 0 radical (unpaired) electrons. The van der Waals surface area contributed by atoms with Crippen molar-refractivity contribution < 1.29 is 4.79 Å². The van der Waals surface area contributed by atoms with Gasteiger partial charge in [0, 0.05) is 11.7 Å². The fourth-order valence-electron chi connectivity index (χ4n) is 3.73. The molecule has 1 heterocycles. The van der Waals surface area contributed by atoms with E-state index in [4.69, 9.17) is 0 Å². The van der Waals surface area contributed by atoms with E-state index in [0.29, 0.717) is 6.04 Å². The molecule has 21 heavy (non-hydrogen) atoms. The van der Waals surface area contributed by atoms with Crippen LogP contribution in [0.2, 0.25) is 0 Å². The fourth-order valence-corrected chi connectivity index (χ4v) is 3.73. The Morgan fingerprint density at radius 3 is 3.00 bits per heavy atom. The van der Waals surface area contributed by atoms with Gasteiger partial charge in [-0.1, -0.05) is 44.4 Å². The molecule has 3 rings (SSSR count). The first-order chi connectivity index (χ1) is 10.3. The summed E-state index contributed by atoms with van der Waals surface area (Å²) in [5.41, 5.74) is 2.45. The van der Waals surface area contributed by atoms with Gasteiger partial charge in [0.25, 0.3) is 0 Å². The van der Waals surface area contributed by atoms with Crippen molar-refractivity contribution in [3.05, 3.63) is 29.8 Å². The van der Waals surface area contributed by atoms with Crippen LogP contribution in [0.5, 0.6) is 0 Å². The molecule has 3 heteroatoms. The number of anilines is 1. The third kappa shape index (κ3) is 3.39. The number of hydrogen-bond acceptors (Lipinski definition) is 2. The Kier molecular flexibility index (Phi) is 4.47. The molecule has 3 atom stereocenters. The summed E-state index contributed by atoms with van der Waals surface area (Å²) in [7, 11) is 0. The summed E-state index contributed by atoms with van der Waals surface area (Å²) >= 11 is 0. The number of rotatable bonds is 3. The number of hydrogen-bond donors (Lipinski definition) is 2. The summed E-state index contributed by atoms with van der Waals surface area (Å²) in [5, 5.41) is 6.68. The van der Waals surface area contributed by atoms with Crippen LogP contribution >= 0.6 is 0 Å². The lowest BCUT2D eigenvalue weighted by molar-refractivity contribution is -0.123. The lowest BCUT2D eigenvalue weighted by Gasteiger charge is -2.32. The van der Waals surface area contributed by atoms with E-state index >= 15 is 0 Å². The number of carbonyl (C=O) groups excluding carboxylic acids is 1. The normalized spacial score (nSPS) is 28.3. The molecule has 1 saturated carbocycles. The first-order valence-electron chi connectivity index (χ1n) is 8.41. The molecule has 0 aromatic heterocycles. The monoisotopic (exact) mass is 286 g/mol. The molecule has 0 spiro atoms. The maximum atomic E-state index is 12.5. The summed E-state index contributed by atoms with van der Waals surface area (Å²) in [6, 6.07) is 8.62. The summed E-state index contributed by atoms with van der Waals surface area (Å²) in [5.74, 6) is 0.982. The van der Waals surface area contributed by atoms with Gasteiger partial charge >= 0.3 is 0 Å². The Bertz CT molecular complexity index is 500. The first-order valence-corrected chi connectivity index (χ1v) is 8.41. The van der Waals surface area contributed by atoms with E-state index in [1.165, 1.54) is 24.8 Å². The highest BCUT2D eigenvalue weighted by Crippen LogP contribution is 2.28. The van der Waals surface area contributed by atoms with Crippen LogP contribution in [0, 0.1) is 5.92 Å². The molecule has 1 amide bonds. The number of nitrogens with one attached hydrogen (secondary N) is 2. The van der Waals surface area contributed by atoms with E-state index in [2.05, 4.69) is 35.8 Å². The van der Waals surface area contributed by atoms with E-state index in [1.54, 1.807) is 0 Å². The zero-order chi connectivity index (χ0) is 14.7. The molecule has 2 N–H and O–H groups in total. The quantitative estimate of drug-likeness (QED) is 0.893. The minimum absolute atomic E-state index is 0.0677. The Hall–Kier alpha value is -1.51. The molecule has 0 saturated heterocycles. The number of fused-ring (bicyclic) bond motifs is 1. The Balaban J connectivity index is 1.57. The molecule has 0 bridgehead atoms. The number of benzene rings is 1. The highest BCUT2D eigenvalue weighted by molar-refractivity contribution is 5.85. The standard InChI is InChI=1S/C18H26N2O/c1-2-13-6-5-8-15(12-13)19-18(21)17-11-10-14-7-3-4-9-16(14)20-17/h3-4,7,9,13,15,17,20H,2,5-6,8,10-12H2,1H3,(H,19,21). The van der Waals surface area contributed by atoms with Crippen LogP contribution in [0.15, 0.2) is 24.3 Å². The summed E-state index contributed by atoms with van der Waals surface area (Å²) in [6.07, 6.45) is 8.01. The van der Waals surface area contributed by atoms with Gasteiger partial charge in [-0.2, -0.15) is 0 Å². The fraction of sp³-hybridized carbons (Fsp3) is 0.611. The molecular weight excluding hydrogens is 260 g/mol. The van der Waals surface area contributed by atoms with Crippen LogP contribution in [0.4, 0.5) is 5.69 Å². The third-order valence-electron chi connectivity index (χ3n) is 5.07. The van der Waals surface area contributed by atoms with Crippen molar-refractivity contribution in [2.75, 3.05) is 5.32 Å². The van der Waals surface area contributed by atoms with Crippen LogP contribution < -0.4 is 10.6 Å². The molecule has 3 unspecified atom stereocenters. The van der Waals surface area contributed by atoms with Crippen LogP contribution in [-0.2, 0) is 11.2 Å². The Morgan fingerprint density at radius 1 is 1.29 bits per heavy atom. The van der Waals surface area contributed by atoms with Crippen LogP contribution in [0.3, 0.4) is 0 Å². The van der Waals surface area contributed by atoms with E-state index in [1.807, 2.05) is 6.07 Å². The molecule has 1 fully saturated rings. The smallest absolute Gasteiger partial charge is 0.242 e. The first kappa shape index (κ1) is 14.4. The van der Waals surface area contributed by atoms with Gasteiger partial charge in [-0.3, -0.25) is 4.79 Å². The van der Waals surface area contributed by atoms with Crippen LogP contribution in [0.25, 0.3) is 0 Å². The molecular formula is C18H26N2O. The SMILES string of the molecule is CCC1CCCC(NC(=O)C2CCc3ccccc3N2)C1. The molecule has 1 aromatic rings. The van der Waals surface area contributed by atoms with Gasteiger partial charge in [0.1, 0.15) is 6.04 Å². The predicted molar refractivity (Wildman–Crippen MR) is 86.4 cm³/mol. The maximum absolute atomic E-state index is 12.5. The predicted octanol–water partition coefficient (Wildman–Crippen LogP) is 3.50. The van der Waals surface area contributed by atoms with Crippen molar-refractivity contribution in [3.63, 3.8) is 0 Å². The number of aryl methyl sites for hydroxylation is 1. The zero-order valence-electron chi connectivity index (χ0n) is 12.9. The average Bonchev–Trinajstić information content (AvgIpc) is 2.54. The van der Waals surface area contributed by atoms with Gasteiger partial charge in [-0.15, -0.1) is 0 Å². The molecule has 3 nitrogen and oxygen atoms in total. The summed E-state index contributed by atoms with van der Waals surface area (Å²) in [4.78, 5) is 12.5. The highest BCUT2D eigenvalue weighted by atomic mass is 16.2. The van der Waals surface area contributed by atoms with E-state index < -0.39 is 0 Å². The van der Waals surface area contributed by atoms with E-state index in [-0.39, 0.29) is 11.9 Å². The third-order valence-corrected chi connectivity index (χ3v) is 5.07. The molecule has 1 aromatic carbocycles. The largest absolute Gasteiger partial charge is 0.373 e. The number of carbonyl (C=O) groups is 1. The number of para-hydroxylation sites is 1. The van der Waals surface area contributed by atoms with Gasteiger partial charge in [0.15, 0.2) is 0 Å². The van der Waals surface area contributed by atoms with Gasteiger partial charge in [-0.05, 0) is 43.2 Å². The zero-order valence-corrected chi connectivity index (χ0v) is 12.9. The van der Waals surface area contributed by atoms with E-state index in [0.717, 1.165) is 37.3 Å². The second-order valence-corrected chi connectivity index (χ2v) is 6.54. The van der Waals surface area contributed by atoms with Gasteiger partial charge in [0.2, 0.25) is 5.91 Å². The molecule has 2 aliphatic rings. The van der Waals surface area contributed by atoms with Crippen molar-refractivity contribution >= 4 is 11.6 Å². The average molecular weight is 286 g/mol. The molecule has 1 aliphatic heterocycles. The van der Waals surface area contributed by atoms with E-state index in [9.17, 15) is 4.79 Å². The highest BCUT2D eigenvalue weighted by Gasteiger charge is 2.27. The van der Waals surface area contributed by atoms with Crippen LogP contribution in [-0.4, -0.2) is 18.0 Å². The van der Waals surface area contributed by atoms with Crippen molar-refractivity contribution in [1.29, 1.82) is 0 Å².